The predicted molar refractivity (Wildman–Crippen MR) is 63.6 cm³/mol. The van der Waals surface area contributed by atoms with Crippen LogP contribution in [-0.2, 0) is 4.28 Å². The fourth-order valence-electron chi connectivity index (χ4n) is 1.40. The van der Waals surface area contributed by atoms with E-state index in [4.69, 9.17) is 12.3 Å². The molecule has 0 aliphatic carbocycles. The van der Waals surface area contributed by atoms with Crippen LogP contribution in [0.15, 0.2) is 41.3 Å². The quantitative estimate of drug-likeness (QED) is 0.476. The summed E-state index contributed by atoms with van der Waals surface area (Å²) >= 11 is 1.11. The molecule has 2 aromatic rings. The van der Waals surface area contributed by atoms with Crippen molar-refractivity contribution in [3.05, 3.63) is 41.4 Å². The molecule has 0 saturated heterocycles. The van der Waals surface area contributed by atoms with Crippen molar-refractivity contribution in [2.24, 2.45) is 0 Å². The van der Waals surface area contributed by atoms with Crippen molar-refractivity contribution in [2.75, 3.05) is 5.73 Å². The maximum atomic E-state index is 5.83. The molecule has 0 unspecified atom stereocenters. The average molecular weight is 217 g/mol. The summed E-state index contributed by atoms with van der Waals surface area (Å²) in [6, 6.07) is 11.6. The van der Waals surface area contributed by atoms with Crippen LogP contribution in [0.5, 0.6) is 0 Å². The maximum absolute atomic E-state index is 5.83. The number of anilines is 1. The summed E-state index contributed by atoms with van der Waals surface area (Å²) in [5, 5.41) is 5.17. The Morgan fingerprint density at radius 1 is 1.27 bits per heavy atom. The van der Waals surface area contributed by atoms with Crippen molar-refractivity contribution in [1.82, 2.24) is 0 Å². The van der Waals surface area contributed by atoms with Crippen molar-refractivity contribution < 1.29 is 4.28 Å². The highest BCUT2D eigenvalue weighted by atomic mass is 32.2. The van der Waals surface area contributed by atoms with Gasteiger partial charge in [-0.05, 0) is 23.6 Å². The Morgan fingerprint density at radius 2 is 2.13 bits per heavy atom. The van der Waals surface area contributed by atoms with E-state index >= 15 is 0 Å². The third-order valence-electron chi connectivity index (χ3n) is 2.06. The van der Waals surface area contributed by atoms with Gasteiger partial charge in [-0.1, -0.05) is 22.5 Å². The average Bonchev–Trinajstić information content (AvgIpc) is 2.26. The van der Waals surface area contributed by atoms with Gasteiger partial charge in [0.05, 0.1) is 4.90 Å². The van der Waals surface area contributed by atoms with Gasteiger partial charge in [-0.2, -0.15) is 0 Å². The molecule has 0 atom stereocenters. The van der Waals surface area contributed by atoms with Gasteiger partial charge < -0.3 is 5.73 Å². The summed E-state index contributed by atoms with van der Waals surface area (Å²) in [6.07, 6.45) is 0. The van der Waals surface area contributed by atoms with Crippen molar-refractivity contribution in [2.45, 2.75) is 4.90 Å². The van der Waals surface area contributed by atoms with E-state index in [2.05, 4.69) is 9.29 Å². The molecule has 0 radical (unpaired) electrons. The second kappa shape index (κ2) is 4.11. The summed E-state index contributed by atoms with van der Waals surface area (Å²) in [5.41, 5.74) is 6.60. The fourth-order valence-corrected chi connectivity index (χ4v) is 1.83. The van der Waals surface area contributed by atoms with E-state index in [1.54, 1.807) is 0 Å². The minimum atomic E-state index is 0.772. The summed E-state index contributed by atoms with van der Waals surface area (Å²) < 4.78 is 4.69. The van der Waals surface area contributed by atoms with Crippen LogP contribution in [0.4, 0.5) is 5.69 Å². The molecule has 2 rings (SSSR count). The standard InChI is InChI=1S/C11H9N2OS/c1-13-14-15-9-5-6-10-8(7-9)3-2-4-11(10)12/h1-7H,12H2/q+1. The third kappa shape index (κ3) is 1.97. The van der Waals surface area contributed by atoms with Crippen LogP contribution < -0.4 is 5.73 Å². The monoisotopic (exact) mass is 217 g/mol. The predicted octanol–water partition coefficient (Wildman–Crippen LogP) is 3.32. The molecule has 2 N–H and O–H groups in total. The summed E-state index contributed by atoms with van der Waals surface area (Å²) in [4.78, 5) is 0.933. The first-order valence-corrected chi connectivity index (χ1v) is 5.07. The number of benzene rings is 2. The van der Waals surface area contributed by atoms with E-state index in [-0.39, 0.29) is 0 Å². The molecular formula is C11H9N2OS+. The highest BCUT2D eigenvalue weighted by Gasteiger charge is 2.02. The van der Waals surface area contributed by atoms with Gasteiger partial charge in [0.25, 0.3) is 0 Å². The van der Waals surface area contributed by atoms with E-state index < -0.39 is 0 Å². The number of nitrogens with two attached hydrogens (primary N) is 1. The smallest absolute Gasteiger partial charge is 0.337 e. The number of fused-ring (bicyclic) bond motifs is 1. The molecule has 3 nitrogen and oxygen atoms in total. The zero-order valence-corrected chi connectivity index (χ0v) is 8.70. The molecule has 0 amide bonds. The Bertz CT molecular complexity index is 534. The fraction of sp³-hybridized carbons (Fsp3) is 0. The second-order valence-electron chi connectivity index (χ2n) is 2.99. The summed E-state index contributed by atoms with van der Waals surface area (Å²) in [6.45, 7) is 4.88. The van der Waals surface area contributed by atoms with Crippen molar-refractivity contribution in [3.8, 4) is 6.57 Å². The molecule has 0 heterocycles. The van der Waals surface area contributed by atoms with Gasteiger partial charge in [-0.15, -0.1) is 0 Å². The topological polar surface area (TPSA) is 39.6 Å². The number of hydrogen-bond donors (Lipinski definition) is 1. The van der Waals surface area contributed by atoms with Crippen molar-refractivity contribution >= 4 is 28.5 Å². The Morgan fingerprint density at radius 3 is 2.93 bits per heavy atom. The largest absolute Gasteiger partial charge is 0.398 e. The lowest BCUT2D eigenvalue weighted by atomic mass is 10.1. The molecule has 0 aromatic heterocycles. The number of rotatable bonds is 2. The Kier molecular flexibility index (Phi) is 2.66. The van der Waals surface area contributed by atoms with Crippen molar-refractivity contribution in [1.29, 1.82) is 0 Å². The number of hydrogen-bond acceptors (Lipinski definition) is 3. The molecular weight excluding hydrogens is 208 g/mol. The lowest BCUT2D eigenvalue weighted by molar-refractivity contribution is 0.559. The van der Waals surface area contributed by atoms with Gasteiger partial charge in [0.1, 0.15) is 0 Å². The van der Waals surface area contributed by atoms with Crippen LogP contribution >= 0.6 is 12.0 Å². The molecule has 74 valence electrons. The highest BCUT2D eigenvalue weighted by Crippen LogP contribution is 2.27. The zero-order valence-electron chi connectivity index (χ0n) is 7.88. The first-order valence-electron chi connectivity index (χ1n) is 4.33. The first kappa shape index (κ1) is 9.69. The highest BCUT2D eigenvalue weighted by molar-refractivity contribution is 7.94. The van der Waals surface area contributed by atoms with Crippen LogP contribution in [0.3, 0.4) is 0 Å². The molecule has 0 saturated carbocycles. The number of nitrogens with zero attached hydrogens (tertiary/aromatic N) is 1. The Hall–Kier alpha value is -1.86. The zero-order chi connectivity index (χ0) is 10.7. The third-order valence-corrected chi connectivity index (χ3v) is 2.67. The molecule has 15 heavy (non-hydrogen) atoms. The van der Waals surface area contributed by atoms with Crippen LogP contribution in [-0.4, -0.2) is 0 Å². The van der Waals surface area contributed by atoms with E-state index in [1.807, 2.05) is 36.4 Å². The minimum absolute atomic E-state index is 0.772. The number of nitrogen functional groups attached to an aromatic ring is 1. The van der Waals surface area contributed by atoms with E-state index in [0.717, 1.165) is 33.4 Å². The van der Waals surface area contributed by atoms with Crippen LogP contribution in [0.2, 0.25) is 0 Å². The SMILES string of the molecule is C#[N+]OSc1ccc2c(N)cccc2c1. The Labute approximate surface area is 91.8 Å². The minimum Gasteiger partial charge on any atom is -0.398 e. The van der Waals surface area contributed by atoms with E-state index in [0.29, 0.717) is 0 Å². The first-order chi connectivity index (χ1) is 7.31. The Balaban J connectivity index is 2.44. The van der Waals surface area contributed by atoms with Gasteiger partial charge >= 0.3 is 6.57 Å². The van der Waals surface area contributed by atoms with Crippen molar-refractivity contribution in [3.63, 3.8) is 0 Å². The molecule has 0 aliphatic rings. The molecule has 0 aliphatic heterocycles. The van der Waals surface area contributed by atoms with E-state index in [9.17, 15) is 0 Å². The summed E-state index contributed by atoms with van der Waals surface area (Å²) in [5.74, 6) is 0. The van der Waals surface area contributed by atoms with Gasteiger partial charge in [0.15, 0.2) is 12.0 Å². The molecule has 0 bridgehead atoms. The van der Waals surface area contributed by atoms with E-state index in [1.165, 1.54) is 0 Å². The second-order valence-corrected chi connectivity index (χ2v) is 3.78. The van der Waals surface area contributed by atoms with Crippen LogP contribution in [0.1, 0.15) is 0 Å². The van der Waals surface area contributed by atoms with Gasteiger partial charge in [-0.25, -0.2) is 0 Å². The molecule has 0 spiro atoms. The van der Waals surface area contributed by atoms with Gasteiger partial charge in [-0.3, -0.25) is 0 Å². The summed E-state index contributed by atoms with van der Waals surface area (Å²) in [7, 11) is 0. The lowest BCUT2D eigenvalue weighted by Gasteiger charge is -2.01. The van der Waals surface area contributed by atoms with Gasteiger partial charge in [0, 0.05) is 11.1 Å². The molecule has 2 aromatic carbocycles. The maximum Gasteiger partial charge on any atom is 0.337 e. The normalized spacial score (nSPS) is 9.80. The molecule has 0 fully saturated rings. The lowest BCUT2D eigenvalue weighted by Crippen LogP contribution is -1.86. The molecule has 4 heteroatoms. The van der Waals surface area contributed by atoms with Crippen LogP contribution in [0.25, 0.3) is 15.8 Å². The van der Waals surface area contributed by atoms with Gasteiger partial charge in [0.2, 0.25) is 5.01 Å². The van der Waals surface area contributed by atoms with Crippen LogP contribution in [0, 0.1) is 6.57 Å².